The molecular weight excluding hydrogens is 226 g/mol. The topological polar surface area (TPSA) is 50.7 Å². The Balaban J connectivity index is 2.68. The number of rotatable bonds is 0. The number of H-pyrrole nitrogens is 1. The molecule has 0 unspecified atom stereocenters. The number of fused-ring (bicyclic) bond motifs is 3. The van der Waals surface area contributed by atoms with Crippen molar-refractivity contribution in [3.8, 4) is 0 Å². The molecule has 80 valence electrons. The molecule has 1 aromatic carbocycles. The lowest BCUT2D eigenvalue weighted by Crippen LogP contribution is -2.03. The molecule has 0 amide bonds. The van der Waals surface area contributed by atoms with E-state index in [2.05, 4.69) is 9.97 Å². The summed E-state index contributed by atoms with van der Waals surface area (Å²) in [7, 11) is 1.89. The number of pyridine rings is 1. The van der Waals surface area contributed by atoms with E-state index in [0.29, 0.717) is 10.9 Å². The number of aromatic amines is 1. The van der Waals surface area contributed by atoms with E-state index in [-0.39, 0.29) is 10.5 Å². The smallest absolute Gasteiger partial charge is 0.210 e. The third kappa shape index (κ3) is 1.10. The minimum absolute atomic E-state index is 0.181. The third-order valence-electron chi connectivity index (χ3n) is 2.70. The van der Waals surface area contributed by atoms with Gasteiger partial charge in [0.1, 0.15) is 10.5 Å². The molecule has 0 radical (unpaired) electrons. The first-order valence-corrected chi connectivity index (χ1v) is 5.17. The minimum Gasteiger partial charge on any atom is -0.360 e. The van der Waals surface area contributed by atoms with Crippen LogP contribution < -0.4 is 5.43 Å². The molecule has 5 heteroatoms. The maximum absolute atomic E-state index is 12.0. The standard InChI is InChI=1S/C11H8ClN3O/c1-15-5-14-10-8(15)3-2-7-9(10)11(16)6(12)4-13-7/h2-5H,1H3,(H,13,16). The average Bonchev–Trinajstić information content (AvgIpc) is 2.65. The summed E-state index contributed by atoms with van der Waals surface area (Å²) in [6.07, 6.45) is 3.19. The molecule has 0 spiro atoms. The van der Waals surface area contributed by atoms with Crippen LogP contribution in [0, 0.1) is 0 Å². The molecule has 3 rings (SSSR count). The fraction of sp³-hybridized carbons (Fsp3) is 0.0909. The van der Waals surface area contributed by atoms with Crippen molar-refractivity contribution in [2.75, 3.05) is 0 Å². The zero-order valence-electron chi connectivity index (χ0n) is 8.49. The van der Waals surface area contributed by atoms with E-state index in [1.165, 1.54) is 6.20 Å². The second-order valence-electron chi connectivity index (χ2n) is 3.68. The summed E-state index contributed by atoms with van der Waals surface area (Å²) in [6.45, 7) is 0. The van der Waals surface area contributed by atoms with Crippen LogP contribution in [0.25, 0.3) is 21.9 Å². The van der Waals surface area contributed by atoms with Crippen LogP contribution in [0.2, 0.25) is 5.02 Å². The average molecular weight is 234 g/mol. The predicted molar refractivity (Wildman–Crippen MR) is 63.9 cm³/mol. The largest absolute Gasteiger partial charge is 0.360 e. The zero-order valence-corrected chi connectivity index (χ0v) is 9.25. The predicted octanol–water partition coefficient (Wildman–Crippen LogP) is 2.07. The van der Waals surface area contributed by atoms with Gasteiger partial charge in [-0.2, -0.15) is 0 Å². The van der Waals surface area contributed by atoms with E-state index >= 15 is 0 Å². The van der Waals surface area contributed by atoms with Crippen LogP contribution in [0.15, 0.2) is 29.5 Å². The van der Waals surface area contributed by atoms with Gasteiger partial charge in [-0.1, -0.05) is 11.6 Å². The first-order chi connectivity index (χ1) is 7.68. The molecule has 0 aliphatic carbocycles. The molecule has 0 aliphatic heterocycles. The fourth-order valence-electron chi connectivity index (χ4n) is 1.88. The minimum atomic E-state index is -0.181. The second kappa shape index (κ2) is 3.09. The molecule has 2 heterocycles. The van der Waals surface area contributed by atoms with Gasteiger partial charge >= 0.3 is 0 Å². The van der Waals surface area contributed by atoms with Crippen LogP contribution in [-0.2, 0) is 7.05 Å². The van der Waals surface area contributed by atoms with Crippen molar-refractivity contribution in [2.45, 2.75) is 0 Å². The van der Waals surface area contributed by atoms with E-state index in [0.717, 1.165) is 11.0 Å². The van der Waals surface area contributed by atoms with Gasteiger partial charge < -0.3 is 9.55 Å². The summed E-state index contributed by atoms with van der Waals surface area (Å²) in [4.78, 5) is 19.2. The van der Waals surface area contributed by atoms with Crippen LogP contribution in [0.4, 0.5) is 0 Å². The maximum atomic E-state index is 12.0. The van der Waals surface area contributed by atoms with Gasteiger partial charge in [-0.25, -0.2) is 4.98 Å². The molecule has 0 atom stereocenters. The Kier molecular flexibility index (Phi) is 1.82. The maximum Gasteiger partial charge on any atom is 0.210 e. The van der Waals surface area contributed by atoms with Gasteiger partial charge in [0.05, 0.1) is 22.7 Å². The number of nitrogens with zero attached hydrogens (tertiary/aromatic N) is 2. The van der Waals surface area contributed by atoms with Crippen molar-refractivity contribution in [1.82, 2.24) is 14.5 Å². The summed E-state index contributed by atoms with van der Waals surface area (Å²) in [6, 6.07) is 3.78. The molecule has 0 aliphatic rings. The Morgan fingerprint density at radius 2 is 2.25 bits per heavy atom. The van der Waals surface area contributed by atoms with Gasteiger partial charge in [0.25, 0.3) is 0 Å². The van der Waals surface area contributed by atoms with Gasteiger partial charge in [0.15, 0.2) is 0 Å². The summed E-state index contributed by atoms with van der Waals surface area (Å²) in [5.74, 6) is 0. The number of imidazole rings is 1. The molecule has 0 saturated heterocycles. The third-order valence-corrected chi connectivity index (χ3v) is 2.98. The van der Waals surface area contributed by atoms with E-state index in [1.54, 1.807) is 6.33 Å². The van der Waals surface area contributed by atoms with Gasteiger partial charge in [0, 0.05) is 13.2 Å². The Morgan fingerprint density at radius 1 is 1.44 bits per heavy atom. The van der Waals surface area contributed by atoms with Gasteiger partial charge in [-0.05, 0) is 12.1 Å². The number of nitrogens with one attached hydrogen (secondary N) is 1. The van der Waals surface area contributed by atoms with Crippen LogP contribution in [0.3, 0.4) is 0 Å². The Labute approximate surface area is 95.5 Å². The number of aromatic nitrogens is 3. The first-order valence-electron chi connectivity index (χ1n) is 4.79. The Morgan fingerprint density at radius 3 is 3.06 bits per heavy atom. The lowest BCUT2D eigenvalue weighted by atomic mass is 10.2. The molecule has 16 heavy (non-hydrogen) atoms. The highest BCUT2D eigenvalue weighted by Gasteiger charge is 2.10. The van der Waals surface area contributed by atoms with Gasteiger partial charge in [0.2, 0.25) is 5.43 Å². The van der Waals surface area contributed by atoms with Crippen molar-refractivity contribution in [1.29, 1.82) is 0 Å². The van der Waals surface area contributed by atoms with Crippen LogP contribution in [0.5, 0.6) is 0 Å². The number of halogens is 1. The monoisotopic (exact) mass is 233 g/mol. The van der Waals surface area contributed by atoms with Crippen molar-refractivity contribution < 1.29 is 0 Å². The molecule has 3 aromatic rings. The van der Waals surface area contributed by atoms with E-state index in [9.17, 15) is 4.79 Å². The molecule has 0 saturated carbocycles. The van der Waals surface area contributed by atoms with Crippen LogP contribution >= 0.6 is 11.6 Å². The quantitative estimate of drug-likeness (QED) is 0.646. The zero-order chi connectivity index (χ0) is 11.3. The summed E-state index contributed by atoms with van der Waals surface area (Å²) >= 11 is 5.82. The molecule has 1 N–H and O–H groups in total. The molecular formula is C11H8ClN3O. The van der Waals surface area contributed by atoms with E-state index in [1.807, 2.05) is 23.7 Å². The fourth-order valence-corrected chi connectivity index (χ4v) is 2.03. The second-order valence-corrected chi connectivity index (χ2v) is 4.08. The van der Waals surface area contributed by atoms with Gasteiger partial charge in [-0.15, -0.1) is 0 Å². The SMILES string of the molecule is Cn1cnc2c3c(=O)c(Cl)c[nH]c3ccc21. The number of benzene rings is 1. The van der Waals surface area contributed by atoms with Crippen molar-refractivity contribution in [2.24, 2.45) is 7.05 Å². The highest BCUT2D eigenvalue weighted by molar-refractivity contribution is 6.31. The van der Waals surface area contributed by atoms with E-state index in [4.69, 9.17) is 11.6 Å². The highest BCUT2D eigenvalue weighted by atomic mass is 35.5. The normalized spacial score (nSPS) is 11.4. The molecule has 2 aromatic heterocycles. The molecule has 0 bridgehead atoms. The summed E-state index contributed by atoms with van der Waals surface area (Å²) in [5, 5.41) is 0.733. The lowest BCUT2D eigenvalue weighted by molar-refractivity contribution is 0.948. The first kappa shape index (κ1) is 9.42. The van der Waals surface area contributed by atoms with Crippen LogP contribution in [0.1, 0.15) is 0 Å². The Bertz CT molecular complexity index is 757. The molecule has 0 fully saturated rings. The number of hydrogen-bond acceptors (Lipinski definition) is 2. The van der Waals surface area contributed by atoms with E-state index < -0.39 is 0 Å². The number of hydrogen-bond donors (Lipinski definition) is 1. The lowest BCUT2D eigenvalue weighted by Gasteiger charge is -2.00. The summed E-state index contributed by atoms with van der Waals surface area (Å²) < 4.78 is 1.87. The highest BCUT2D eigenvalue weighted by Crippen LogP contribution is 2.20. The molecule has 4 nitrogen and oxygen atoms in total. The van der Waals surface area contributed by atoms with Gasteiger partial charge in [-0.3, -0.25) is 4.79 Å². The summed E-state index contributed by atoms with van der Waals surface area (Å²) in [5.41, 5.74) is 2.17. The number of aryl methyl sites for hydroxylation is 1. The van der Waals surface area contributed by atoms with Crippen molar-refractivity contribution >= 4 is 33.5 Å². The van der Waals surface area contributed by atoms with Crippen molar-refractivity contribution in [3.63, 3.8) is 0 Å². The van der Waals surface area contributed by atoms with Crippen LogP contribution in [-0.4, -0.2) is 14.5 Å². The van der Waals surface area contributed by atoms with Crippen molar-refractivity contribution in [3.05, 3.63) is 39.9 Å². The Hall–Kier alpha value is -1.81.